The van der Waals surface area contributed by atoms with Crippen LogP contribution in [-0.2, 0) is 0 Å². The van der Waals surface area contributed by atoms with E-state index < -0.39 is 0 Å². The van der Waals surface area contributed by atoms with Crippen LogP contribution in [0.5, 0.6) is 0 Å². The van der Waals surface area contributed by atoms with E-state index in [4.69, 9.17) is 11.6 Å². The van der Waals surface area contributed by atoms with Crippen molar-refractivity contribution in [3.05, 3.63) is 52.8 Å². The Morgan fingerprint density at radius 2 is 2.00 bits per heavy atom. The number of anilines is 1. The van der Waals surface area contributed by atoms with Crippen molar-refractivity contribution in [1.29, 1.82) is 0 Å². The second-order valence-electron chi connectivity index (χ2n) is 4.50. The van der Waals surface area contributed by atoms with Crippen molar-refractivity contribution in [1.82, 2.24) is 5.32 Å². The molecule has 1 aromatic rings. The average molecular weight is 263 g/mol. The summed E-state index contributed by atoms with van der Waals surface area (Å²) in [7, 11) is 0. The zero-order chi connectivity index (χ0) is 13.0. The van der Waals surface area contributed by atoms with Gasteiger partial charge in [0.25, 0.3) is 0 Å². The van der Waals surface area contributed by atoms with Gasteiger partial charge < -0.3 is 10.2 Å². The Kier molecular flexibility index (Phi) is 4.32. The number of nitrogens with one attached hydrogen (secondary N) is 1. The van der Waals surface area contributed by atoms with E-state index in [-0.39, 0.29) is 0 Å². The Hall–Kier alpha value is -1.41. The summed E-state index contributed by atoms with van der Waals surface area (Å²) in [4.78, 5) is 2.33. The molecule has 2 rings (SSSR count). The predicted octanol–water partition coefficient (Wildman–Crippen LogP) is 3.95. The van der Waals surface area contributed by atoms with E-state index in [0.29, 0.717) is 0 Å². The molecule has 1 aliphatic rings. The summed E-state index contributed by atoms with van der Waals surface area (Å²) in [6, 6.07) is 8.02. The van der Waals surface area contributed by atoms with Crippen LogP contribution in [0.2, 0.25) is 5.02 Å². The van der Waals surface area contributed by atoms with Gasteiger partial charge >= 0.3 is 0 Å². The maximum Gasteiger partial charge on any atom is 0.0579 e. The quantitative estimate of drug-likeness (QED) is 0.884. The summed E-state index contributed by atoms with van der Waals surface area (Å²) in [6.45, 7) is 6.24. The van der Waals surface area contributed by atoms with E-state index in [0.717, 1.165) is 24.5 Å². The van der Waals surface area contributed by atoms with Gasteiger partial charge in [-0.25, -0.2) is 0 Å². The highest BCUT2D eigenvalue weighted by atomic mass is 35.5. The van der Waals surface area contributed by atoms with Crippen LogP contribution in [0.1, 0.15) is 20.3 Å². The Morgan fingerprint density at radius 3 is 2.61 bits per heavy atom. The van der Waals surface area contributed by atoms with E-state index >= 15 is 0 Å². The summed E-state index contributed by atoms with van der Waals surface area (Å²) in [5, 5.41) is 4.13. The van der Waals surface area contributed by atoms with Gasteiger partial charge in [-0.3, -0.25) is 0 Å². The fourth-order valence-electron chi connectivity index (χ4n) is 2.05. The molecule has 0 saturated carbocycles. The van der Waals surface area contributed by atoms with Gasteiger partial charge in [0, 0.05) is 23.0 Å². The molecule has 0 bridgehead atoms. The van der Waals surface area contributed by atoms with Crippen molar-refractivity contribution in [3.8, 4) is 0 Å². The summed E-state index contributed by atoms with van der Waals surface area (Å²) in [6.07, 6.45) is 5.22. The minimum Gasteiger partial charge on any atom is -0.366 e. The first-order valence-corrected chi connectivity index (χ1v) is 6.69. The van der Waals surface area contributed by atoms with Crippen LogP contribution in [0.15, 0.2) is 47.8 Å². The monoisotopic (exact) mass is 262 g/mol. The van der Waals surface area contributed by atoms with Gasteiger partial charge in [0.2, 0.25) is 0 Å². The molecule has 0 atom stereocenters. The number of hydrogen-bond donors (Lipinski definition) is 1. The molecular weight excluding hydrogens is 244 g/mol. The van der Waals surface area contributed by atoms with Crippen molar-refractivity contribution >= 4 is 17.3 Å². The van der Waals surface area contributed by atoms with Crippen molar-refractivity contribution in [3.63, 3.8) is 0 Å². The topological polar surface area (TPSA) is 15.3 Å². The summed E-state index contributed by atoms with van der Waals surface area (Å²) in [5.41, 5.74) is 3.91. The van der Waals surface area contributed by atoms with Crippen LogP contribution in [-0.4, -0.2) is 13.1 Å². The molecule has 0 spiro atoms. The van der Waals surface area contributed by atoms with Crippen LogP contribution < -0.4 is 10.2 Å². The minimum atomic E-state index is 0.781. The number of allylic oxidation sites excluding steroid dienone is 2. The molecule has 0 unspecified atom stereocenters. The summed E-state index contributed by atoms with van der Waals surface area (Å²) < 4.78 is 0. The van der Waals surface area contributed by atoms with Crippen molar-refractivity contribution < 1.29 is 0 Å². The van der Waals surface area contributed by atoms with Crippen LogP contribution in [0.3, 0.4) is 0 Å². The lowest BCUT2D eigenvalue weighted by Gasteiger charge is -2.27. The van der Waals surface area contributed by atoms with Crippen LogP contribution in [0, 0.1) is 0 Å². The molecule has 0 saturated heterocycles. The van der Waals surface area contributed by atoms with Gasteiger partial charge in [-0.2, -0.15) is 0 Å². The molecule has 0 radical (unpaired) electrons. The SMILES string of the molecule is CCN(CC1=C(C)CC=CN1)c1ccc(Cl)cc1. The number of hydrogen-bond acceptors (Lipinski definition) is 2. The molecule has 1 aromatic carbocycles. The first kappa shape index (κ1) is 13.0. The van der Waals surface area contributed by atoms with Gasteiger partial charge in [0.15, 0.2) is 0 Å². The smallest absolute Gasteiger partial charge is 0.0579 e. The van der Waals surface area contributed by atoms with Gasteiger partial charge in [-0.15, -0.1) is 0 Å². The number of nitrogens with zero attached hydrogens (tertiary/aromatic N) is 1. The molecule has 1 heterocycles. The predicted molar refractivity (Wildman–Crippen MR) is 78.9 cm³/mol. The van der Waals surface area contributed by atoms with E-state index in [1.54, 1.807) is 0 Å². The molecule has 0 fully saturated rings. The Bertz CT molecular complexity index is 460. The van der Waals surface area contributed by atoms with Gasteiger partial charge in [0.1, 0.15) is 0 Å². The van der Waals surface area contributed by atoms with E-state index in [9.17, 15) is 0 Å². The van der Waals surface area contributed by atoms with Crippen molar-refractivity contribution in [2.24, 2.45) is 0 Å². The zero-order valence-corrected chi connectivity index (χ0v) is 11.7. The van der Waals surface area contributed by atoms with Gasteiger partial charge in [-0.05, 0) is 56.3 Å². The molecule has 0 aliphatic carbocycles. The Balaban J connectivity index is 2.12. The molecule has 18 heavy (non-hydrogen) atoms. The lowest BCUT2D eigenvalue weighted by Crippen LogP contribution is -2.30. The minimum absolute atomic E-state index is 0.781. The maximum atomic E-state index is 5.93. The zero-order valence-electron chi connectivity index (χ0n) is 10.9. The molecule has 2 nitrogen and oxygen atoms in total. The normalized spacial score (nSPS) is 14.6. The third-order valence-corrected chi connectivity index (χ3v) is 3.49. The molecule has 1 N–H and O–H groups in total. The van der Waals surface area contributed by atoms with E-state index in [2.05, 4.69) is 42.3 Å². The van der Waals surface area contributed by atoms with E-state index in [1.165, 1.54) is 17.0 Å². The third kappa shape index (κ3) is 3.08. The largest absolute Gasteiger partial charge is 0.366 e. The fourth-order valence-corrected chi connectivity index (χ4v) is 2.18. The second-order valence-corrected chi connectivity index (χ2v) is 4.94. The summed E-state index contributed by atoms with van der Waals surface area (Å²) in [5.74, 6) is 0. The van der Waals surface area contributed by atoms with Gasteiger partial charge in [0.05, 0.1) is 6.54 Å². The highest BCUT2D eigenvalue weighted by molar-refractivity contribution is 6.30. The molecule has 3 heteroatoms. The number of rotatable bonds is 4. The van der Waals surface area contributed by atoms with Gasteiger partial charge in [-0.1, -0.05) is 17.7 Å². The molecular formula is C15H19ClN2. The number of likely N-dealkylation sites (N-methyl/N-ethyl adjacent to an activating group) is 1. The van der Waals surface area contributed by atoms with Crippen molar-refractivity contribution in [2.75, 3.05) is 18.0 Å². The Labute approximate surface area is 114 Å². The first-order chi connectivity index (χ1) is 8.70. The molecule has 96 valence electrons. The van der Waals surface area contributed by atoms with Crippen LogP contribution in [0.4, 0.5) is 5.69 Å². The first-order valence-electron chi connectivity index (χ1n) is 6.31. The fraction of sp³-hybridized carbons (Fsp3) is 0.333. The average Bonchev–Trinajstić information content (AvgIpc) is 2.39. The maximum absolute atomic E-state index is 5.93. The number of halogens is 1. The lowest BCUT2D eigenvalue weighted by atomic mass is 10.1. The number of benzene rings is 1. The standard InChI is InChI=1S/C15H19ClN2/c1-3-18(14-8-6-13(16)7-9-14)11-15-12(2)5-4-10-17-15/h4,6-10,17H,3,5,11H2,1-2H3. The van der Waals surface area contributed by atoms with Crippen LogP contribution in [0.25, 0.3) is 0 Å². The van der Waals surface area contributed by atoms with Crippen molar-refractivity contribution in [2.45, 2.75) is 20.3 Å². The third-order valence-electron chi connectivity index (χ3n) is 3.24. The number of dihydropyridines is 1. The second kappa shape index (κ2) is 5.96. The Morgan fingerprint density at radius 1 is 1.28 bits per heavy atom. The highest BCUT2D eigenvalue weighted by Gasteiger charge is 2.10. The molecule has 1 aliphatic heterocycles. The highest BCUT2D eigenvalue weighted by Crippen LogP contribution is 2.20. The lowest BCUT2D eigenvalue weighted by molar-refractivity contribution is 0.808. The van der Waals surface area contributed by atoms with E-state index in [1.807, 2.05) is 18.3 Å². The molecule has 0 amide bonds. The molecule has 0 aromatic heterocycles. The summed E-state index contributed by atoms with van der Waals surface area (Å²) >= 11 is 5.93. The van der Waals surface area contributed by atoms with Crippen LogP contribution >= 0.6 is 11.6 Å².